The monoisotopic (exact) mass is 1220 g/mol. The van der Waals surface area contributed by atoms with Crippen molar-refractivity contribution in [2.24, 2.45) is 0 Å². The fraction of sp³-hybridized carbons (Fsp3) is 0.706. The molecule has 0 atom stereocenters. The molecule has 0 unspecified atom stereocenters. The van der Waals surface area contributed by atoms with E-state index in [2.05, 4.69) is 52.0 Å². The van der Waals surface area contributed by atoms with Gasteiger partial charge in [0.25, 0.3) is 0 Å². The Morgan fingerprint density at radius 1 is 0.273 bits per heavy atom. The molecule has 0 heterocycles. The van der Waals surface area contributed by atoms with Gasteiger partial charge in [0.05, 0.1) is 9.79 Å². The summed E-state index contributed by atoms with van der Waals surface area (Å²) in [5.41, 5.74) is 4.60. The van der Waals surface area contributed by atoms with E-state index in [4.69, 9.17) is 0 Å². The Labute approximate surface area is 514 Å². The Kier molecular flexibility index (Phi) is 42.3. The molecule has 0 spiro atoms. The minimum atomic E-state index is -4.50. The Morgan fingerprint density at radius 2 is 0.494 bits per heavy atom. The number of hydrogen-bond acceptors (Lipinski definition) is 6. The van der Waals surface area contributed by atoms with Crippen LogP contribution < -0.4 is 0 Å². The predicted octanol–water partition coefficient (Wildman–Crippen LogP) is 21.0. The predicted molar refractivity (Wildman–Crippen MR) is 332 cm³/mol. The standard InChI is InChI=1S/2C34H56O3S.Ba/c2*1-3-5-7-9-11-13-15-17-19-21-23-30-25-27-32-31(26-28-34(33(32)29-30)38(35,36)37)24-22-20-18-16-14-12-10-8-6-4-2;/h2*25-29H,3-24H2,1-2H3,(H,35,36,37);/q;;+2/p-2. The average molecular weight is 1230 g/mol. The normalized spacial score (nSPS) is 11.8. The molecule has 9 heteroatoms. The molecule has 0 saturated carbocycles. The van der Waals surface area contributed by atoms with Gasteiger partial charge in [0, 0.05) is 0 Å². The van der Waals surface area contributed by atoms with Crippen LogP contribution in [0, 0.1) is 0 Å². The van der Waals surface area contributed by atoms with Crippen LogP contribution in [0.2, 0.25) is 0 Å². The summed E-state index contributed by atoms with van der Waals surface area (Å²) < 4.78 is 72.0. The van der Waals surface area contributed by atoms with E-state index >= 15 is 0 Å². The van der Waals surface area contributed by atoms with Crippen molar-refractivity contribution in [2.45, 2.75) is 320 Å². The maximum atomic E-state index is 12.0. The van der Waals surface area contributed by atoms with Crippen LogP contribution in [0.5, 0.6) is 0 Å². The van der Waals surface area contributed by atoms with Crippen molar-refractivity contribution in [1.82, 2.24) is 0 Å². The molecule has 0 fully saturated rings. The quantitative estimate of drug-likeness (QED) is 0.0247. The maximum Gasteiger partial charge on any atom is 2.00 e. The molecule has 0 aliphatic carbocycles. The van der Waals surface area contributed by atoms with E-state index in [1.165, 1.54) is 231 Å². The summed E-state index contributed by atoms with van der Waals surface area (Å²) in [4.78, 5) is -0.131. The van der Waals surface area contributed by atoms with Gasteiger partial charge in [-0.3, -0.25) is 0 Å². The van der Waals surface area contributed by atoms with Crippen molar-refractivity contribution in [3.8, 4) is 0 Å². The molecule has 0 N–H and O–H groups in total. The Hall–Kier alpha value is -1.21. The second kappa shape index (κ2) is 45.3. The first-order valence-electron chi connectivity index (χ1n) is 31.9. The first-order chi connectivity index (χ1) is 36.9. The van der Waals surface area contributed by atoms with Crippen molar-refractivity contribution < 1.29 is 25.9 Å². The molecule has 4 rings (SSSR count). The fourth-order valence-electron chi connectivity index (χ4n) is 11.3. The van der Waals surface area contributed by atoms with Gasteiger partial charge in [-0.05, 0) is 119 Å². The minimum absolute atomic E-state index is 0. The van der Waals surface area contributed by atoms with Gasteiger partial charge in [-0.1, -0.05) is 295 Å². The van der Waals surface area contributed by atoms with E-state index in [9.17, 15) is 25.9 Å². The molecule has 6 nitrogen and oxygen atoms in total. The molecule has 0 aliphatic heterocycles. The first-order valence-corrected chi connectivity index (χ1v) is 34.8. The molecule has 0 saturated heterocycles. The SMILES string of the molecule is CCCCCCCCCCCCc1ccc2c(CCCCCCCCCCCC)ccc(S(=O)(=O)[O-])c2c1.CCCCCCCCCCCCc1ccc2c(CCCCCCCCCCCC)ccc(S(=O)(=O)[O-])c2c1.[Ba+2]. The van der Waals surface area contributed by atoms with Crippen molar-refractivity contribution in [1.29, 1.82) is 0 Å². The number of rotatable bonds is 46. The van der Waals surface area contributed by atoms with E-state index in [1.807, 2.05) is 24.3 Å². The fourth-order valence-corrected chi connectivity index (χ4v) is 12.6. The second-order valence-corrected chi connectivity index (χ2v) is 25.5. The van der Waals surface area contributed by atoms with Crippen LogP contribution in [-0.2, 0) is 45.9 Å². The minimum Gasteiger partial charge on any atom is -0.744 e. The zero-order valence-electron chi connectivity index (χ0n) is 49.9. The number of aryl methyl sites for hydroxylation is 4. The van der Waals surface area contributed by atoms with Gasteiger partial charge in [0.15, 0.2) is 0 Å². The molecule has 0 bridgehead atoms. The molecule has 0 aliphatic rings. The van der Waals surface area contributed by atoms with Crippen LogP contribution in [0.25, 0.3) is 21.5 Å². The molecule has 4 aromatic rings. The summed E-state index contributed by atoms with van der Waals surface area (Å²) in [6.45, 7) is 9.03. The van der Waals surface area contributed by atoms with Crippen LogP contribution >= 0.6 is 0 Å². The van der Waals surface area contributed by atoms with Crippen LogP contribution in [0.3, 0.4) is 0 Å². The van der Waals surface area contributed by atoms with E-state index in [1.54, 1.807) is 12.1 Å². The van der Waals surface area contributed by atoms with Gasteiger partial charge in [-0.25, -0.2) is 16.8 Å². The van der Waals surface area contributed by atoms with Crippen LogP contribution in [0.1, 0.15) is 307 Å². The maximum absolute atomic E-state index is 12.0. The van der Waals surface area contributed by atoms with Crippen LogP contribution in [0.4, 0.5) is 0 Å². The van der Waals surface area contributed by atoms with Gasteiger partial charge in [-0.15, -0.1) is 0 Å². The smallest absolute Gasteiger partial charge is 0.744 e. The third-order valence-corrected chi connectivity index (χ3v) is 17.8. The molecular formula is C68H110BaO6S2. The zero-order valence-corrected chi connectivity index (χ0v) is 55.9. The van der Waals surface area contributed by atoms with Crippen molar-refractivity contribution >= 4 is 90.7 Å². The molecule has 0 radical (unpaired) electrons. The van der Waals surface area contributed by atoms with Crippen LogP contribution in [0.15, 0.2) is 70.5 Å². The Bertz CT molecular complexity index is 2160. The Morgan fingerprint density at radius 3 is 0.727 bits per heavy atom. The van der Waals surface area contributed by atoms with E-state index in [0.29, 0.717) is 10.8 Å². The number of benzene rings is 4. The summed E-state index contributed by atoms with van der Waals surface area (Å²) >= 11 is 0. The van der Waals surface area contributed by atoms with Gasteiger partial charge in [-0.2, -0.15) is 0 Å². The van der Waals surface area contributed by atoms with E-state index in [0.717, 1.165) is 84.4 Å². The number of hydrogen-bond donors (Lipinski definition) is 0. The third-order valence-electron chi connectivity index (χ3n) is 16.0. The molecule has 432 valence electrons. The van der Waals surface area contributed by atoms with Crippen molar-refractivity contribution in [2.75, 3.05) is 0 Å². The summed E-state index contributed by atoms with van der Waals surface area (Å²) in [6, 6.07) is 19.1. The van der Waals surface area contributed by atoms with Gasteiger partial charge >= 0.3 is 48.9 Å². The third kappa shape index (κ3) is 32.3. The summed E-state index contributed by atoms with van der Waals surface area (Å²) in [6.07, 6.45) is 55.7. The van der Waals surface area contributed by atoms with Crippen molar-refractivity contribution in [3.05, 3.63) is 82.9 Å². The summed E-state index contributed by atoms with van der Waals surface area (Å²) in [5, 5.41) is 3.11. The van der Waals surface area contributed by atoms with Gasteiger partial charge in [0.2, 0.25) is 0 Å². The largest absolute Gasteiger partial charge is 2.00 e. The molecule has 4 aromatic carbocycles. The topological polar surface area (TPSA) is 114 Å². The van der Waals surface area contributed by atoms with E-state index < -0.39 is 20.2 Å². The van der Waals surface area contributed by atoms with Crippen LogP contribution in [-0.4, -0.2) is 74.8 Å². The zero-order chi connectivity index (χ0) is 55.0. The first kappa shape index (κ1) is 71.9. The van der Waals surface area contributed by atoms with Crippen molar-refractivity contribution in [3.63, 3.8) is 0 Å². The molecule has 77 heavy (non-hydrogen) atoms. The summed E-state index contributed by atoms with van der Waals surface area (Å²) in [7, 11) is -9.00. The van der Waals surface area contributed by atoms with Gasteiger partial charge < -0.3 is 9.11 Å². The average Bonchev–Trinajstić information content (AvgIpc) is 3.44. The Balaban J connectivity index is 0.000000520. The molecular weight excluding hydrogens is 1110 g/mol. The summed E-state index contributed by atoms with van der Waals surface area (Å²) in [5.74, 6) is 0. The number of fused-ring (bicyclic) bond motifs is 2. The number of unbranched alkanes of at least 4 members (excludes halogenated alkanes) is 36. The molecule has 0 amide bonds. The molecule has 0 aromatic heterocycles. The van der Waals surface area contributed by atoms with Gasteiger partial charge in [0.1, 0.15) is 20.2 Å². The van der Waals surface area contributed by atoms with E-state index in [-0.39, 0.29) is 58.7 Å². The second-order valence-electron chi connectivity index (χ2n) is 22.8.